The predicted octanol–water partition coefficient (Wildman–Crippen LogP) is 5.01. The van der Waals surface area contributed by atoms with Gasteiger partial charge >= 0.3 is 6.18 Å². The topological polar surface area (TPSA) is 121 Å². The number of benzene rings is 2. The third kappa shape index (κ3) is 7.86. The smallest absolute Gasteiger partial charge is 0.433 e. The number of hydrogen-bond acceptors (Lipinski definition) is 7. The highest BCUT2D eigenvalue weighted by Crippen LogP contribution is 2.35. The average Bonchev–Trinajstić information content (AvgIpc) is 2.93. The number of hydrogen-bond donors (Lipinski definition) is 3. The van der Waals surface area contributed by atoms with Gasteiger partial charge in [-0.15, -0.1) is 0 Å². The Kier molecular flexibility index (Phi) is 9.38. The molecule has 3 aromatic rings. The molecule has 2 aromatic carbocycles. The van der Waals surface area contributed by atoms with Gasteiger partial charge < -0.3 is 20.1 Å². The molecule has 14 heteroatoms. The minimum absolute atomic E-state index is 0.128. The molecule has 3 N–H and O–H groups in total. The van der Waals surface area contributed by atoms with E-state index in [1.54, 1.807) is 4.90 Å². The summed E-state index contributed by atoms with van der Waals surface area (Å²) in [6.07, 6.45) is -2.22. The molecule has 9 nitrogen and oxygen atoms in total. The maximum atomic E-state index is 15.0. The molecular weight excluding hydrogens is 592 g/mol. The summed E-state index contributed by atoms with van der Waals surface area (Å²) < 4.78 is 85.8. The summed E-state index contributed by atoms with van der Waals surface area (Å²) in [5.74, 6) is -2.37. The van der Waals surface area contributed by atoms with Crippen LogP contribution in [0.1, 0.15) is 48.1 Å². The number of phenolic OH excluding ortho intramolecular Hbond substituents is 1. The third-order valence-electron chi connectivity index (χ3n) is 7.20. The molecule has 1 aromatic heterocycles. The Balaban J connectivity index is 1.68. The number of nitrogens with zero attached hydrogens (tertiary/aromatic N) is 2. The molecule has 0 radical (unpaired) electrons. The molecule has 1 saturated heterocycles. The van der Waals surface area contributed by atoms with Gasteiger partial charge in [-0.25, -0.2) is 17.8 Å². The Hall–Kier alpha value is -4.07. The fraction of sp³-hybridized carbons (Fsp3) is 0.379. The van der Waals surface area contributed by atoms with E-state index in [0.29, 0.717) is 24.6 Å². The number of methoxy groups -OCH3 is 1. The van der Waals surface area contributed by atoms with E-state index in [9.17, 15) is 35.9 Å². The van der Waals surface area contributed by atoms with E-state index < -0.39 is 39.5 Å². The zero-order valence-corrected chi connectivity index (χ0v) is 24.5. The molecule has 0 saturated carbocycles. The average molecular weight is 625 g/mol. The van der Waals surface area contributed by atoms with Gasteiger partial charge in [-0.1, -0.05) is 25.1 Å². The number of halogens is 4. The quantitative estimate of drug-likeness (QED) is 0.286. The van der Waals surface area contributed by atoms with Crippen molar-refractivity contribution in [3.63, 3.8) is 0 Å². The number of piperidine rings is 1. The molecule has 0 spiro atoms. The number of aromatic hydroxyl groups is 1. The molecule has 1 aliphatic heterocycles. The van der Waals surface area contributed by atoms with Crippen LogP contribution in [0.15, 0.2) is 48.5 Å². The number of rotatable bonds is 9. The maximum absolute atomic E-state index is 15.0. The van der Waals surface area contributed by atoms with Crippen molar-refractivity contribution < 1.29 is 40.6 Å². The first-order valence-corrected chi connectivity index (χ1v) is 15.3. The number of ether oxygens (including phenoxy) is 1. The number of amides is 1. The monoisotopic (exact) mass is 624 g/mol. The minimum Gasteiger partial charge on any atom is -0.504 e. The van der Waals surface area contributed by atoms with E-state index in [0.717, 1.165) is 31.2 Å². The SMILES string of the molecule is COc1ccc(C(C(=O)NCc2ccc(C(F)(F)F)nc2N2CCC(C)CC2)c2ccc(NS(C)(=O)=O)c(F)c2)cc1O. The van der Waals surface area contributed by atoms with Crippen LogP contribution < -0.4 is 19.7 Å². The first kappa shape index (κ1) is 31.9. The number of nitrogens with one attached hydrogen (secondary N) is 2. The van der Waals surface area contributed by atoms with Crippen molar-refractivity contribution in [3.8, 4) is 11.5 Å². The number of aromatic nitrogens is 1. The number of pyridine rings is 1. The zero-order chi connectivity index (χ0) is 31.5. The number of sulfonamides is 1. The Morgan fingerprint density at radius 3 is 2.35 bits per heavy atom. The molecule has 1 aliphatic rings. The van der Waals surface area contributed by atoms with Crippen molar-refractivity contribution in [1.29, 1.82) is 0 Å². The summed E-state index contributed by atoms with van der Waals surface area (Å²) in [6.45, 7) is 2.91. The number of carbonyl (C=O) groups is 1. The number of phenols is 1. The standard InChI is InChI=1S/C29H32F4N4O5S/c1-17-10-12-37(13-11-17)27-20(6-9-25(35-27)29(31,32)33)16-34-28(39)26(19-5-8-24(42-2)23(38)15-19)18-4-7-22(21(30)14-18)36-43(3,40)41/h4-9,14-15,17,26,36,38H,10-13,16H2,1-3H3,(H,34,39). The van der Waals surface area contributed by atoms with Crippen LogP contribution in [0.5, 0.6) is 11.5 Å². The second-order valence-electron chi connectivity index (χ2n) is 10.5. The highest BCUT2D eigenvalue weighted by molar-refractivity contribution is 7.92. The molecule has 2 heterocycles. The summed E-state index contributed by atoms with van der Waals surface area (Å²) in [4.78, 5) is 19.4. The van der Waals surface area contributed by atoms with Crippen molar-refractivity contribution in [3.05, 3.63) is 76.7 Å². The van der Waals surface area contributed by atoms with E-state index >= 15 is 0 Å². The van der Waals surface area contributed by atoms with Gasteiger partial charge in [0.05, 0.1) is 25.0 Å². The van der Waals surface area contributed by atoms with Crippen molar-refractivity contribution >= 4 is 27.4 Å². The lowest BCUT2D eigenvalue weighted by Crippen LogP contribution is -2.36. The number of carbonyl (C=O) groups excluding carboxylic acids is 1. The molecule has 43 heavy (non-hydrogen) atoms. The molecule has 232 valence electrons. The van der Waals surface area contributed by atoms with E-state index in [4.69, 9.17) is 4.74 Å². The van der Waals surface area contributed by atoms with E-state index in [1.165, 1.54) is 43.5 Å². The highest BCUT2D eigenvalue weighted by atomic mass is 32.2. The van der Waals surface area contributed by atoms with Crippen LogP contribution in [0.2, 0.25) is 0 Å². The Bertz CT molecular complexity index is 1590. The van der Waals surface area contributed by atoms with Gasteiger partial charge in [-0.05, 0) is 60.2 Å². The fourth-order valence-corrected chi connectivity index (χ4v) is 5.49. The van der Waals surface area contributed by atoms with Crippen LogP contribution in [-0.2, 0) is 27.5 Å². The molecule has 1 fully saturated rings. The molecule has 1 atom stereocenters. The normalized spacial score (nSPS) is 15.2. The molecule has 1 unspecified atom stereocenters. The van der Waals surface area contributed by atoms with E-state index in [-0.39, 0.29) is 40.7 Å². The van der Waals surface area contributed by atoms with E-state index in [1.807, 2.05) is 0 Å². The minimum atomic E-state index is -4.65. The van der Waals surface area contributed by atoms with E-state index in [2.05, 4.69) is 21.9 Å². The van der Waals surface area contributed by atoms with Gasteiger partial charge in [-0.2, -0.15) is 13.2 Å². The van der Waals surface area contributed by atoms with Gasteiger partial charge in [0.1, 0.15) is 17.3 Å². The largest absolute Gasteiger partial charge is 0.504 e. The van der Waals surface area contributed by atoms with Crippen LogP contribution in [0.3, 0.4) is 0 Å². The molecular formula is C29H32F4N4O5S. The van der Waals surface area contributed by atoms with Gasteiger partial charge in [0.25, 0.3) is 0 Å². The van der Waals surface area contributed by atoms with Crippen LogP contribution in [0, 0.1) is 11.7 Å². The summed E-state index contributed by atoms with van der Waals surface area (Å²) in [5.41, 5.74) is -0.601. The summed E-state index contributed by atoms with van der Waals surface area (Å²) in [7, 11) is -2.43. The molecule has 4 rings (SSSR count). The Morgan fingerprint density at radius 1 is 1.12 bits per heavy atom. The Labute approximate surface area is 246 Å². The first-order valence-electron chi connectivity index (χ1n) is 13.4. The second kappa shape index (κ2) is 12.7. The molecule has 0 aliphatic carbocycles. The van der Waals surface area contributed by atoms with Crippen LogP contribution in [0.25, 0.3) is 0 Å². The number of alkyl halides is 3. The maximum Gasteiger partial charge on any atom is 0.433 e. The Morgan fingerprint density at radius 2 is 1.77 bits per heavy atom. The zero-order valence-electron chi connectivity index (χ0n) is 23.7. The lowest BCUT2D eigenvalue weighted by Gasteiger charge is -2.33. The van der Waals surface area contributed by atoms with Crippen LogP contribution in [-0.4, -0.2) is 50.9 Å². The highest BCUT2D eigenvalue weighted by Gasteiger charge is 2.34. The third-order valence-corrected chi connectivity index (χ3v) is 7.79. The predicted molar refractivity (Wildman–Crippen MR) is 153 cm³/mol. The summed E-state index contributed by atoms with van der Waals surface area (Å²) >= 11 is 0. The van der Waals surface area contributed by atoms with Gasteiger partial charge in [0.2, 0.25) is 15.9 Å². The van der Waals surface area contributed by atoms with Crippen molar-refractivity contribution in [2.24, 2.45) is 5.92 Å². The summed E-state index contributed by atoms with van der Waals surface area (Å²) in [6, 6.07) is 9.89. The van der Waals surface area contributed by atoms with Crippen LogP contribution >= 0.6 is 0 Å². The second-order valence-corrected chi connectivity index (χ2v) is 12.3. The molecule has 0 bridgehead atoms. The van der Waals surface area contributed by atoms with Crippen molar-refractivity contribution in [2.75, 3.05) is 36.1 Å². The number of anilines is 2. The first-order chi connectivity index (χ1) is 20.2. The van der Waals surface area contributed by atoms with Crippen molar-refractivity contribution in [1.82, 2.24) is 10.3 Å². The van der Waals surface area contributed by atoms with Gasteiger partial charge in [0.15, 0.2) is 11.5 Å². The van der Waals surface area contributed by atoms with Gasteiger partial charge in [0, 0.05) is 25.2 Å². The molecule has 1 amide bonds. The summed E-state index contributed by atoms with van der Waals surface area (Å²) in [5, 5.41) is 13.1. The lowest BCUT2D eigenvalue weighted by molar-refractivity contribution is -0.141. The lowest BCUT2D eigenvalue weighted by atomic mass is 9.89. The van der Waals surface area contributed by atoms with Crippen molar-refractivity contribution in [2.45, 2.75) is 38.4 Å². The van der Waals surface area contributed by atoms with Gasteiger partial charge in [-0.3, -0.25) is 9.52 Å². The van der Waals surface area contributed by atoms with Crippen LogP contribution in [0.4, 0.5) is 29.1 Å². The fourth-order valence-electron chi connectivity index (χ4n) is 4.93.